The van der Waals surface area contributed by atoms with Gasteiger partial charge in [0.15, 0.2) is 5.78 Å². The largest absolute Gasteiger partial charge is 0.465 e. The van der Waals surface area contributed by atoms with E-state index in [0.29, 0.717) is 42.1 Å². The predicted molar refractivity (Wildman–Crippen MR) is 137 cm³/mol. The molecule has 1 fully saturated rings. The summed E-state index contributed by atoms with van der Waals surface area (Å²) in [4.78, 5) is 29.1. The molecule has 3 heterocycles. The highest BCUT2D eigenvalue weighted by Gasteiger charge is 2.43. The van der Waals surface area contributed by atoms with Crippen molar-refractivity contribution in [3.05, 3.63) is 76.0 Å². The van der Waals surface area contributed by atoms with Gasteiger partial charge in [0.1, 0.15) is 18.1 Å². The van der Waals surface area contributed by atoms with Crippen LogP contribution < -0.4 is 10.2 Å². The lowest BCUT2D eigenvalue weighted by molar-refractivity contribution is -0.142. The molecule has 1 N–H and O–H groups in total. The number of hydrogen-bond donors (Lipinski definition) is 1. The molecular formula is C29H34N2O5. The minimum absolute atomic E-state index is 0.0291. The van der Waals surface area contributed by atoms with Crippen LogP contribution in [0.1, 0.15) is 61.5 Å². The third-order valence-corrected chi connectivity index (χ3v) is 7.40. The summed E-state index contributed by atoms with van der Waals surface area (Å²) in [5, 5.41) is 3.40. The van der Waals surface area contributed by atoms with Gasteiger partial charge in [0.05, 0.1) is 17.6 Å². The maximum absolute atomic E-state index is 13.7. The molecule has 3 atom stereocenters. The van der Waals surface area contributed by atoms with Crippen molar-refractivity contribution in [1.29, 1.82) is 0 Å². The number of anilines is 1. The number of furan rings is 1. The number of ketones is 1. The Morgan fingerprint density at radius 2 is 1.89 bits per heavy atom. The van der Waals surface area contributed by atoms with Gasteiger partial charge in [-0.3, -0.25) is 4.79 Å². The molecule has 3 aliphatic rings. The average Bonchev–Trinajstić information content (AvgIpc) is 3.53. The molecule has 5 rings (SSSR count). The lowest BCUT2D eigenvalue weighted by atomic mass is 9.73. The van der Waals surface area contributed by atoms with Crippen LogP contribution in [-0.2, 0) is 19.1 Å². The van der Waals surface area contributed by atoms with Crippen molar-refractivity contribution in [2.75, 3.05) is 32.2 Å². The number of aryl methyl sites for hydroxylation is 1. The second kappa shape index (κ2) is 9.97. The summed E-state index contributed by atoms with van der Waals surface area (Å²) in [6.45, 7) is 4.64. The maximum atomic E-state index is 13.7. The Bertz CT molecular complexity index is 1210. The molecule has 2 aromatic rings. The lowest BCUT2D eigenvalue weighted by Gasteiger charge is -2.36. The number of carbonyl (C=O) groups is 2. The highest BCUT2D eigenvalue weighted by Crippen LogP contribution is 2.46. The molecule has 7 nitrogen and oxygen atoms in total. The smallest absolute Gasteiger partial charge is 0.336 e. The van der Waals surface area contributed by atoms with Crippen molar-refractivity contribution < 1.29 is 23.5 Å². The second-order valence-electron chi connectivity index (χ2n) is 10.2. The fourth-order valence-electron chi connectivity index (χ4n) is 5.51. The van der Waals surface area contributed by atoms with E-state index in [0.717, 1.165) is 35.5 Å². The quantitative estimate of drug-likeness (QED) is 0.586. The molecular weight excluding hydrogens is 456 g/mol. The van der Waals surface area contributed by atoms with Crippen LogP contribution in [0.3, 0.4) is 0 Å². The van der Waals surface area contributed by atoms with E-state index in [9.17, 15) is 9.59 Å². The Kier molecular flexibility index (Phi) is 6.75. The SMILES string of the molecule is CC1=C(C(=O)OC[C@@H]2CCCO2)[C@@H](c2ccc(C)o2)C2=C(C[C@@H](c3ccc(N(C)C)cc3)CC2=O)N1. The highest BCUT2D eigenvalue weighted by molar-refractivity contribution is 6.04. The maximum Gasteiger partial charge on any atom is 0.336 e. The number of allylic oxidation sites excluding steroid dienone is 3. The van der Waals surface area contributed by atoms with Crippen LogP contribution in [0.25, 0.3) is 0 Å². The van der Waals surface area contributed by atoms with Crippen molar-refractivity contribution in [2.45, 2.75) is 57.5 Å². The number of benzene rings is 1. The van der Waals surface area contributed by atoms with Gasteiger partial charge >= 0.3 is 5.97 Å². The molecule has 1 aliphatic carbocycles. The van der Waals surface area contributed by atoms with Crippen LogP contribution >= 0.6 is 0 Å². The minimum atomic E-state index is -0.587. The average molecular weight is 491 g/mol. The highest BCUT2D eigenvalue weighted by atomic mass is 16.6. The minimum Gasteiger partial charge on any atom is -0.465 e. The molecule has 7 heteroatoms. The number of esters is 1. The molecule has 1 aromatic carbocycles. The van der Waals surface area contributed by atoms with Crippen LogP contribution in [0.4, 0.5) is 5.69 Å². The molecule has 0 radical (unpaired) electrons. The first kappa shape index (κ1) is 24.4. The van der Waals surface area contributed by atoms with Crippen molar-refractivity contribution in [3.8, 4) is 0 Å². The fraction of sp³-hybridized carbons (Fsp3) is 0.448. The lowest BCUT2D eigenvalue weighted by Crippen LogP contribution is -2.36. The number of dihydropyridines is 1. The molecule has 2 aliphatic heterocycles. The molecule has 1 saturated heterocycles. The standard InChI is InChI=1S/C29H34N2O5/c1-17-7-12-25(36-17)28-26(29(33)35-16-22-6-5-13-34-22)18(2)30-23-14-20(15-24(32)27(23)28)19-8-10-21(11-9-19)31(3)4/h7-12,20,22,28,30H,5-6,13-16H2,1-4H3/t20-,22+,28-/m1/s1. The van der Waals surface area contributed by atoms with Crippen molar-refractivity contribution in [1.82, 2.24) is 5.32 Å². The van der Waals surface area contributed by atoms with Gasteiger partial charge < -0.3 is 24.1 Å². The Labute approximate surface area is 212 Å². The molecule has 36 heavy (non-hydrogen) atoms. The van der Waals surface area contributed by atoms with E-state index >= 15 is 0 Å². The van der Waals surface area contributed by atoms with Crippen LogP contribution in [0, 0.1) is 6.92 Å². The normalized spacial score (nSPS) is 24.0. The van der Waals surface area contributed by atoms with Crippen molar-refractivity contribution in [2.24, 2.45) is 0 Å². The number of rotatable bonds is 6. The van der Waals surface area contributed by atoms with Crippen molar-refractivity contribution in [3.63, 3.8) is 0 Å². The Morgan fingerprint density at radius 3 is 2.53 bits per heavy atom. The summed E-state index contributed by atoms with van der Waals surface area (Å²) in [6, 6.07) is 12.1. The van der Waals surface area contributed by atoms with Gasteiger partial charge in [-0.15, -0.1) is 0 Å². The molecule has 0 spiro atoms. The predicted octanol–water partition coefficient (Wildman–Crippen LogP) is 4.74. The van der Waals surface area contributed by atoms with Crippen LogP contribution in [0.15, 0.2) is 63.4 Å². The van der Waals surface area contributed by atoms with E-state index in [2.05, 4.69) is 34.5 Å². The van der Waals surface area contributed by atoms with E-state index in [1.807, 2.05) is 40.1 Å². The van der Waals surface area contributed by atoms with Gasteiger partial charge in [-0.25, -0.2) is 4.79 Å². The van der Waals surface area contributed by atoms with Crippen LogP contribution in [0.2, 0.25) is 0 Å². The summed E-state index contributed by atoms with van der Waals surface area (Å²) in [5.74, 6) is 0.401. The zero-order valence-electron chi connectivity index (χ0n) is 21.4. The van der Waals surface area contributed by atoms with Gasteiger partial charge in [0.2, 0.25) is 0 Å². The third kappa shape index (κ3) is 4.72. The molecule has 0 amide bonds. The Hall–Kier alpha value is -3.32. The van der Waals surface area contributed by atoms with E-state index in [1.54, 1.807) is 0 Å². The second-order valence-corrected chi connectivity index (χ2v) is 10.2. The topological polar surface area (TPSA) is 81.0 Å². The van der Waals surface area contributed by atoms with Crippen LogP contribution in [0.5, 0.6) is 0 Å². The number of Topliss-reactive ketones (excluding diaryl/α,β-unsaturated/α-hetero) is 1. The summed E-state index contributed by atoms with van der Waals surface area (Å²) < 4.78 is 17.3. The molecule has 0 bridgehead atoms. The number of nitrogens with zero attached hydrogens (tertiary/aromatic N) is 1. The molecule has 1 aromatic heterocycles. The summed E-state index contributed by atoms with van der Waals surface area (Å²) in [5.41, 5.74) is 4.86. The zero-order valence-corrected chi connectivity index (χ0v) is 21.4. The molecule has 0 saturated carbocycles. The van der Waals surface area contributed by atoms with Gasteiger partial charge in [0.25, 0.3) is 0 Å². The van der Waals surface area contributed by atoms with Crippen LogP contribution in [-0.4, -0.2) is 45.2 Å². The number of ether oxygens (including phenoxy) is 2. The summed E-state index contributed by atoms with van der Waals surface area (Å²) in [6.07, 6.45) is 2.86. The van der Waals surface area contributed by atoms with Gasteiger partial charge in [0, 0.05) is 49.8 Å². The Balaban J connectivity index is 1.45. The first-order valence-corrected chi connectivity index (χ1v) is 12.7. The third-order valence-electron chi connectivity index (χ3n) is 7.40. The molecule has 190 valence electrons. The summed E-state index contributed by atoms with van der Waals surface area (Å²) >= 11 is 0. The first-order chi connectivity index (χ1) is 17.3. The monoisotopic (exact) mass is 490 g/mol. The number of carbonyl (C=O) groups excluding carboxylic acids is 2. The van der Waals surface area contributed by atoms with E-state index < -0.39 is 11.9 Å². The van der Waals surface area contributed by atoms with E-state index in [-0.39, 0.29) is 24.4 Å². The fourth-order valence-corrected chi connectivity index (χ4v) is 5.51. The van der Waals surface area contributed by atoms with Gasteiger partial charge in [-0.1, -0.05) is 12.1 Å². The number of hydrogen-bond acceptors (Lipinski definition) is 7. The van der Waals surface area contributed by atoms with E-state index in [1.165, 1.54) is 0 Å². The van der Waals surface area contributed by atoms with Gasteiger partial charge in [-0.2, -0.15) is 0 Å². The van der Waals surface area contributed by atoms with Gasteiger partial charge in [-0.05, 0) is 68.9 Å². The zero-order chi connectivity index (χ0) is 25.4. The summed E-state index contributed by atoms with van der Waals surface area (Å²) in [7, 11) is 4.02. The number of nitrogens with one attached hydrogen (secondary N) is 1. The Morgan fingerprint density at radius 1 is 1.11 bits per heavy atom. The molecule has 0 unspecified atom stereocenters. The first-order valence-electron chi connectivity index (χ1n) is 12.7. The van der Waals surface area contributed by atoms with Crippen molar-refractivity contribution >= 4 is 17.4 Å². The van der Waals surface area contributed by atoms with E-state index in [4.69, 9.17) is 13.9 Å².